The third-order valence-electron chi connectivity index (χ3n) is 5.21. The van der Waals surface area contributed by atoms with E-state index in [-0.39, 0.29) is 11.9 Å². The summed E-state index contributed by atoms with van der Waals surface area (Å²) in [5.41, 5.74) is 0.885. The van der Waals surface area contributed by atoms with Crippen LogP contribution >= 0.6 is 0 Å². The van der Waals surface area contributed by atoms with Crippen molar-refractivity contribution in [1.82, 2.24) is 19.8 Å². The highest BCUT2D eigenvalue weighted by Gasteiger charge is 2.32. The van der Waals surface area contributed by atoms with E-state index >= 15 is 0 Å². The first-order valence-electron chi connectivity index (χ1n) is 9.19. The molecule has 7 heteroatoms. The van der Waals surface area contributed by atoms with E-state index in [1.54, 1.807) is 0 Å². The van der Waals surface area contributed by atoms with Crippen LogP contribution in [-0.2, 0) is 9.53 Å². The Balaban J connectivity index is 1.74. The third-order valence-corrected chi connectivity index (χ3v) is 5.21. The van der Waals surface area contributed by atoms with Gasteiger partial charge in [-0.15, -0.1) is 0 Å². The summed E-state index contributed by atoms with van der Waals surface area (Å²) in [4.78, 5) is 26.2. The van der Waals surface area contributed by atoms with Gasteiger partial charge in [-0.05, 0) is 26.8 Å². The molecule has 25 heavy (non-hydrogen) atoms. The summed E-state index contributed by atoms with van der Waals surface area (Å²) in [5, 5.41) is 3.06. The second kappa shape index (κ2) is 8.10. The highest BCUT2D eigenvalue weighted by molar-refractivity contribution is 5.78. The molecule has 3 rings (SSSR count). The number of aromatic nitrogens is 2. The highest BCUT2D eigenvalue weighted by Crippen LogP contribution is 2.25. The maximum Gasteiger partial charge on any atom is 0.237 e. The minimum atomic E-state index is -0.217. The van der Waals surface area contributed by atoms with Crippen LogP contribution in [0, 0.1) is 6.92 Å². The van der Waals surface area contributed by atoms with E-state index in [2.05, 4.69) is 27.2 Å². The summed E-state index contributed by atoms with van der Waals surface area (Å²) >= 11 is 0. The van der Waals surface area contributed by atoms with Crippen molar-refractivity contribution >= 4 is 11.7 Å². The molecular formula is C18H29N5O2. The average Bonchev–Trinajstić information content (AvgIpc) is 3.16. The van der Waals surface area contributed by atoms with Crippen LogP contribution in [0.15, 0.2) is 6.07 Å². The van der Waals surface area contributed by atoms with Crippen molar-refractivity contribution < 1.29 is 9.53 Å². The molecule has 7 nitrogen and oxygen atoms in total. The molecule has 1 aliphatic heterocycles. The van der Waals surface area contributed by atoms with Gasteiger partial charge in [0.1, 0.15) is 11.9 Å². The van der Waals surface area contributed by atoms with Crippen molar-refractivity contribution in [3.8, 4) is 0 Å². The molecule has 0 spiro atoms. The van der Waals surface area contributed by atoms with Crippen LogP contribution in [0.3, 0.4) is 0 Å². The lowest BCUT2D eigenvalue weighted by molar-refractivity contribution is -0.142. The molecule has 0 unspecified atom stereocenters. The topological polar surface area (TPSA) is 70.6 Å². The summed E-state index contributed by atoms with van der Waals surface area (Å²) in [7, 11) is 3.90. The number of amides is 1. The van der Waals surface area contributed by atoms with Crippen LogP contribution in [0.2, 0.25) is 0 Å². The first-order chi connectivity index (χ1) is 12.1. The van der Waals surface area contributed by atoms with Crippen molar-refractivity contribution in [2.24, 2.45) is 0 Å². The molecule has 1 saturated heterocycles. The summed E-state index contributed by atoms with van der Waals surface area (Å²) in [5.74, 6) is 1.56. The van der Waals surface area contributed by atoms with Crippen LogP contribution in [0.1, 0.15) is 43.2 Å². The molecule has 0 aromatic carbocycles. The average molecular weight is 347 g/mol. The second-order valence-electron chi connectivity index (χ2n) is 7.03. The predicted molar refractivity (Wildman–Crippen MR) is 96.5 cm³/mol. The van der Waals surface area contributed by atoms with Gasteiger partial charge in [-0.2, -0.15) is 0 Å². The van der Waals surface area contributed by atoms with Crippen molar-refractivity contribution in [3.05, 3.63) is 17.6 Å². The van der Waals surface area contributed by atoms with Gasteiger partial charge in [0.25, 0.3) is 0 Å². The van der Waals surface area contributed by atoms with Gasteiger partial charge in [-0.1, -0.05) is 12.8 Å². The standard InChI is InChI=1S/C18H29N5O2/c1-13-10-16(19-2)21-18(20-13)15-12-25-9-8-23(15)17(24)11-22(3)14-6-4-5-7-14/h10,14-15H,4-9,11-12H2,1-3H3,(H,19,20,21)/t15-/m1/s1. The van der Waals surface area contributed by atoms with E-state index in [4.69, 9.17) is 4.74 Å². The van der Waals surface area contributed by atoms with Crippen LogP contribution in [0.5, 0.6) is 0 Å². The number of hydrogen-bond donors (Lipinski definition) is 1. The van der Waals surface area contributed by atoms with E-state index < -0.39 is 0 Å². The number of rotatable bonds is 5. The molecule has 1 atom stereocenters. The SMILES string of the molecule is CNc1cc(C)nc([C@H]2COCCN2C(=O)CN(C)C2CCCC2)n1. The second-order valence-corrected chi connectivity index (χ2v) is 7.03. The first kappa shape index (κ1) is 18.1. The van der Waals surface area contributed by atoms with Gasteiger partial charge in [0, 0.05) is 31.4 Å². The van der Waals surface area contributed by atoms with Crippen molar-refractivity contribution in [2.45, 2.75) is 44.7 Å². The molecule has 0 radical (unpaired) electrons. The Morgan fingerprint density at radius 1 is 1.40 bits per heavy atom. The van der Waals surface area contributed by atoms with Gasteiger partial charge in [0.2, 0.25) is 5.91 Å². The number of anilines is 1. The lowest BCUT2D eigenvalue weighted by Gasteiger charge is -2.36. The van der Waals surface area contributed by atoms with Gasteiger partial charge >= 0.3 is 0 Å². The largest absolute Gasteiger partial charge is 0.377 e. The van der Waals surface area contributed by atoms with Crippen LogP contribution in [0.4, 0.5) is 5.82 Å². The number of carbonyl (C=O) groups excluding carboxylic acids is 1. The van der Waals surface area contributed by atoms with E-state index in [9.17, 15) is 4.79 Å². The monoisotopic (exact) mass is 347 g/mol. The van der Waals surface area contributed by atoms with Gasteiger partial charge in [0.05, 0.1) is 19.8 Å². The molecule has 1 aliphatic carbocycles. The number of ether oxygens (including phenoxy) is 1. The molecule has 138 valence electrons. The minimum Gasteiger partial charge on any atom is -0.377 e. The number of likely N-dealkylation sites (N-methyl/N-ethyl adjacent to an activating group) is 1. The molecule has 2 heterocycles. The Morgan fingerprint density at radius 2 is 2.16 bits per heavy atom. The molecule has 0 bridgehead atoms. The Bertz CT molecular complexity index is 603. The van der Waals surface area contributed by atoms with E-state index in [1.165, 1.54) is 25.7 Å². The molecule has 2 fully saturated rings. The number of nitrogens with zero attached hydrogens (tertiary/aromatic N) is 4. The van der Waals surface area contributed by atoms with Crippen LogP contribution in [0.25, 0.3) is 0 Å². The maximum absolute atomic E-state index is 12.9. The Hall–Kier alpha value is -1.73. The quantitative estimate of drug-likeness (QED) is 0.872. The number of nitrogens with one attached hydrogen (secondary N) is 1. The Morgan fingerprint density at radius 3 is 2.88 bits per heavy atom. The summed E-state index contributed by atoms with van der Waals surface area (Å²) in [6.07, 6.45) is 4.94. The number of carbonyl (C=O) groups is 1. The summed E-state index contributed by atoms with van der Waals surface area (Å²) in [6.45, 7) is 4.00. The van der Waals surface area contributed by atoms with Crippen molar-refractivity contribution in [3.63, 3.8) is 0 Å². The number of hydrogen-bond acceptors (Lipinski definition) is 6. The van der Waals surface area contributed by atoms with E-state index in [0.717, 1.165) is 11.5 Å². The zero-order valence-electron chi connectivity index (χ0n) is 15.5. The van der Waals surface area contributed by atoms with Gasteiger partial charge in [-0.3, -0.25) is 9.69 Å². The first-order valence-corrected chi connectivity index (χ1v) is 9.19. The molecule has 2 aliphatic rings. The normalized spacial score (nSPS) is 21.8. The predicted octanol–water partition coefficient (Wildman–Crippen LogP) is 1.60. The van der Waals surface area contributed by atoms with E-state index in [1.807, 2.05) is 24.9 Å². The Kier molecular flexibility index (Phi) is 5.86. The molecule has 1 saturated carbocycles. The minimum absolute atomic E-state index is 0.138. The lowest BCUT2D eigenvalue weighted by Crippen LogP contribution is -2.48. The molecule has 1 aromatic heterocycles. The summed E-state index contributed by atoms with van der Waals surface area (Å²) in [6, 6.07) is 2.22. The fourth-order valence-corrected chi connectivity index (χ4v) is 3.76. The maximum atomic E-state index is 12.9. The van der Waals surface area contributed by atoms with Crippen molar-refractivity contribution in [1.29, 1.82) is 0 Å². The fraction of sp³-hybridized carbons (Fsp3) is 0.722. The molecule has 1 N–H and O–H groups in total. The molecule has 1 amide bonds. The van der Waals surface area contributed by atoms with Crippen LogP contribution < -0.4 is 5.32 Å². The lowest BCUT2D eigenvalue weighted by atomic mass is 10.2. The van der Waals surface area contributed by atoms with Gasteiger partial charge in [0.15, 0.2) is 5.82 Å². The zero-order valence-corrected chi connectivity index (χ0v) is 15.5. The molecule has 1 aromatic rings. The van der Waals surface area contributed by atoms with Gasteiger partial charge in [-0.25, -0.2) is 9.97 Å². The molecular weight excluding hydrogens is 318 g/mol. The Labute approximate surface area is 149 Å². The zero-order chi connectivity index (χ0) is 17.8. The van der Waals surface area contributed by atoms with E-state index in [0.29, 0.717) is 38.2 Å². The summed E-state index contributed by atoms with van der Waals surface area (Å²) < 4.78 is 5.63. The smallest absolute Gasteiger partial charge is 0.237 e. The third kappa shape index (κ3) is 4.27. The number of aryl methyl sites for hydroxylation is 1. The van der Waals surface area contributed by atoms with Crippen LogP contribution in [-0.4, -0.2) is 72.1 Å². The van der Waals surface area contributed by atoms with Crippen molar-refractivity contribution in [2.75, 3.05) is 45.7 Å². The number of morpholine rings is 1. The highest BCUT2D eigenvalue weighted by atomic mass is 16.5. The fourth-order valence-electron chi connectivity index (χ4n) is 3.76. The van der Waals surface area contributed by atoms with Gasteiger partial charge < -0.3 is 15.0 Å².